The summed E-state index contributed by atoms with van der Waals surface area (Å²) in [6, 6.07) is 6.10. The molecule has 0 bridgehead atoms. The zero-order valence-corrected chi connectivity index (χ0v) is 11.5. The minimum atomic E-state index is -0.604. The topological polar surface area (TPSA) is 94.5 Å². The average Bonchev–Trinajstić information content (AvgIpc) is 3.13. The van der Waals surface area contributed by atoms with Gasteiger partial charge in [-0.15, -0.1) is 0 Å². The van der Waals surface area contributed by atoms with Crippen LogP contribution in [0.5, 0.6) is 0 Å². The van der Waals surface area contributed by atoms with Crippen LogP contribution in [0.2, 0.25) is 0 Å². The second-order valence-electron chi connectivity index (χ2n) is 5.00. The Morgan fingerprint density at radius 2 is 2.14 bits per heavy atom. The average molecular weight is 298 g/mol. The number of aryl methyl sites for hydroxylation is 1. The van der Waals surface area contributed by atoms with Gasteiger partial charge < -0.3 is 5.73 Å². The maximum absolute atomic E-state index is 13.5. The Morgan fingerprint density at radius 1 is 1.32 bits per heavy atom. The fraction of sp³-hybridized carbons (Fsp3) is 0.0714. The molecule has 0 saturated heterocycles. The molecule has 7 nitrogen and oxygen atoms in total. The molecule has 0 aliphatic carbocycles. The SMILES string of the molecule is Cn1nc(C(N)=O)cc1-n1c2ccc(F)cc2c2[nH]ncc21. The maximum Gasteiger partial charge on any atom is 0.269 e. The monoisotopic (exact) mass is 298 g/mol. The van der Waals surface area contributed by atoms with Gasteiger partial charge in [-0.25, -0.2) is 4.39 Å². The Kier molecular flexibility index (Phi) is 2.38. The van der Waals surface area contributed by atoms with E-state index in [0.29, 0.717) is 11.2 Å². The fourth-order valence-electron chi connectivity index (χ4n) is 2.71. The number of hydrogen-bond acceptors (Lipinski definition) is 3. The number of amides is 1. The van der Waals surface area contributed by atoms with E-state index in [1.54, 1.807) is 30.1 Å². The molecule has 22 heavy (non-hydrogen) atoms. The minimum absolute atomic E-state index is 0.165. The van der Waals surface area contributed by atoms with Crippen LogP contribution < -0.4 is 5.73 Å². The predicted octanol–water partition coefficient (Wildman–Crippen LogP) is 1.48. The van der Waals surface area contributed by atoms with Gasteiger partial charge in [-0.2, -0.15) is 10.2 Å². The van der Waals surface area contributed by atoms with Gasteiger partial charge in [0.15, 0.2) is 5.69 Å². The number of nitrogens with zero attached hydrogens (tertiary/aromatic N) is 4. The molecule has 0 fully saturated rings. The zero-order valence-electron chi connectivity index (χ0n) is 11.5. The summed E-state index contributed by atoms with van der Waals surface area (Å²) in [6.45, 7) is 0. The van der Waals surface area contributed by atoms with E-state index >= 15 is 0 Å². The molecule has 1 aromatic carbocycles. The molecule has 0 saturated carbocycles. The number of rotatable bonds is 2. The lowest BCUT2D eigenvalue weighted by molar-refractivity contribution is 0.0995. The van der Waals surface area contributed by atoms with Crippen molar-refractivity contribution in [2.75, 3.05) is 0 Å². The van der Waals surface area contributed by atoms with Gasteiger partial charge in [0.1, 0.15) is 11.6 Å². The molecule has 3 heterocycles. The van der Waals surface area contributed by atoms with Gasteiger partial charge in [0, 0.05) is 18.5 Å². The van der Waals surface area contributed by atoms with Crippen LogP contribution >= 0.6 is 0 Å². The van der Waals surface area contributed by atoms with Gasteiger partial charge in [-0.3, -0.25) is 19.1 Å². The Balaban J connectivity index is 2.12. The van der Waals surface area contributed by atoms with Crippen molar-refractivity contribution >= 4 is 27.8 Å². The van der Waals surface area contributed by atoms with Crippen molar-refractivity contribution < 1.29 is 9.18 Å². The number of hydrogen-bond donors (Lipinski definition) is 2. The third-order valence-corrected chi connectivity index (χ3v) is 3.67. The molecule has 0 aliphatic heterocycles. The van der Waals surface area contributed by atoms with Crippen LogP contribution in [0.15, 0.2) is 30.5 Å². The number of halogens is 1. The number of nitrogens with two attached hydrogens (primary N) is 1. The number of aromatic nitrogens is 5. The maximum atomic E-state index is 13.5. The van der Waals surface area contributed by atoms with Crippen LogP contribution in [-0.4, -0.2) is 30.5 Å². The Hall–Kier alpha value is -3.16. The molecular formula is C14H11FN6O. The first kappa shape index (κ1) is 12.6. The van der Waals surface area contributed by atoms with Crippen LogP contribution in [0.4, 0.5) is 4.39 Å². The van der Waals surface area contributed by atoms with Gasteiger partial charge >= 0.3 is 0 Å². The highest BCUT2D eigenvalue weighted by Gasteiger charge is 2.18. The zero-order chi connectivity index (χ0) is 15.4. The second kappa shape index (κ2) is 4.17. The number of primary amides is 1. The molecule has 4 rings (SSSR count). The van der Waals surface area contributed by atoms with E-state index in [1.165, 1.54) is 12.1 Å². The van der Waals surface area contributed by atoms with Crippen molar-refractivity contribution in [3.8, 4) is 5.82 Å². The quantitative estimate of drug-likeness (QED) is 0.587. The molecule has 4 aromatic rings. The molecule has 0 spiro atoms. The van der Waals surface area contributed by atoms with Gasteiger partial charge in [0.25, 0.3) is 5.91 Å². The fourth-order valence-corrected chi connectivity index (χ4v) is 2.71. The highest BCUT2D eigenvalue weighted by Crippen LogP contribution is 2.30. The molecular weight excluding hydrogens is 287 g/mol. The highest BCUT2D eigenvalue weighted by atomic mass is 19.1. The molecule has 8 heteroatoms. The van der Waals surface area contributed by atoms with Crippen molar-refractivity contribution in [1.82, 2.24) is 24.5 Å². The summed E-state index contributed by atoms with van der Waals surface area (Å²) in [7, 11) is 1.71. The summed E-state index contributed by atoms with van der Waals surface area (Å²) >= 11 is 0. The summed E-state index contributed by atoms with van der Waals surface area (Å²) in [4.78, 5) is 11.3. The first-order valence-corrected chi connectivity index (χ1v) is 6.53. The van der Waals surface area contributed by atoms with Crippen molar-refractivity contribution in [2.45, 2.75) is 0 Å². The predicted molar refractivity (Wildman–Crippen MR) is 78.2 cm³/mol. The summed E-state index contributed by atoms with van der Waals surface area (Å²) in [6.07, 6.45) is 1.64. The standard InChI is InChI=1S/C14H11FN6O/c1-20-12(5-9(19-20)14(16)22)21-10-3-2-7(15)4-8(10)13-11(21)6-17-18-13/h2-6H,1H3,(H2,16,22)(H,17,18). The van der Waals surface area contributed by atoms with E-state index in [0.717, 1.165) is 16.6 Å². The number of H-pyrrole nitrogens is 1. The second-order valence-corrected chi connectivity index (χ2v) is 5.00. The van der Waals surface area contributed by atoms with Gasteiger partial charge in [0.05, 0.1) is 22.7 Å². The molecule has 1 amide bonds. The third-order valence-electron chi connectivity index (χ3n) is 3.67. The van der Waals surface area contributed by atoms with Gasteiger partial charge in [0.2, 0.25) is 0 Å². The summed E-state index contributed by atoms with van der Waals surface area (Å²) in [5.41, 5.74) is 7.71. The normalized spacial score (nSPS) is 11.5. The first-order chi connectivity index (χ1) is 10.6. The van der Waals surface area contributed by atoms with Crippen molar-refractivity contribution in [3.05, 3.63) is 42.0 Å². The molecule has 3 N–H and O–H groups in total. The highest BCUT2D eigenvalue weighted by molar-refractivity contribution is 6.06. The Morgan fingerprint density at radius 3 is 2.86 bits per heavy atom. The van der Waals surface area contributed by atoms with Crippen LogP contribution in [0.3, 0.4) is 0 Å². The van der Waals surface area contributed by atoms with Crippen molar-refractivity contribution in [2.24, 2.45) is 12.8 Å². The number of nitrogens with one attached hydrogen (secondary N) is 1. The molecule has 0 aliphatic rings. The van der Waals surface area contributed by atoms with Crippen molar-refractivity contribution in [1.29, 1.82) is 0 Å². The third kappa shape index (κ3) is 1.57. The number of aromatic amines is 1. The Labute approximate surface area is 123 Å². The van der Waals surface area contributed by atoms with Gasteiger partial charge in [-0.05, 0) is 18.2 Å². The van der Waals surface area contributed by atoms with Crippen molar-refractivity contribution in [3.63, 3.8) is 0 Å². The minimum Gasteiger partial charge on any atom is -0.364 e. The molecule has 0 unspecified atom stereocenters. The molecule has 0 atom stereocenters. The lowest BCUT2D eigenvalue weighted by Gasteiger charge is -2.06. The van der Waals surface area contributed by atoms with E-state index in [-0.39, 0.29) is 11.5 Å². The summed E-state index contributed by atoms with van der Waals surface area (Å²) < 4.78 is 17.0. The summed E-state index contributed by atoms with van der Waals surface area (Å²) in [5.74, 6) is -0.293. The van der Waals surface area contributed by atoms with E-state index in [1.807, 2.05) is 4.57 Å². The van der Waals surface area contributed by atoms with Gasteiger partial charge in [-0.1, -0.05) is 0 Å². The van der Waals surface area contributed by atoms with Crippen LogP contribution in [0.25, 0.3) is 27.8 Å². The lowest BCUT2D eigenvalue weighted by atomic mass is 10.2. The Bertz CT molecular complexity index is 1040. The molecule has 110 valence electrons. The van der Waals surface area contributed by atoms with E-state index in [2.05, 4.69) is 15.3 Å². The van der Waals surface area contributed by atoms with E-state index < -0.39 is 5.91 Å². The number of benzene rings is 1. The number of carbonyl (C=O) groups excluding carboxylic acids is 1. The van der Waals surface area contributed by atoms with E-state index in [9.17, 15) is 9.18 Å². The summed E-state index contributed by atoms with van der Waals surface area (Å²) in [5, 5.41) is 11.7. The largest absolute Gasteiger partial charge is 0.364 e. The molecule has 3 aromatic heterocycles. The van der Waals surface area contributed by atoms with Crippen LogP contribution in [0, 0.1) is 5.82 Å². The number of fused-ring (bicyclic) bond motifs is 3. The molecule has 0 radical (unpaired) electrons. The first-order valence-electron chi connectivity index (χ1n) is 6.53. The van der Waals surface area contributed by atoms with Crippen LogP contribution in [0.1, 0.15) is 10.5 Å². The smallest absolute Gasteiger partial charge is 0.269 e. The number of carbonyl (C=O) groups is 1. The van der Waals surface area contributed by atoms with E-state index in [4.69, 9.17) is 5.73 Å². The van der Waals surface area contributed by atoms with Crippen LogP contribution in [-0.2, 0) is 7.05 Å². The lowest BCUT2D eigenvalue weighted by Crippen LogP contribution is -2.11.